The Morgan fingerprint density at radius 1 is 1.35 bits per heavy atom. The van der Waals surface area contributed by atoms with Gasteiger partial charge in [-0.1, -0.05) is 29.8 Å². The second-order valence-electron chi connectivity index (χ2n) is 5.02. The smallest absolute Gasteiger partial charge is 0.122 e. The first-order valence-corrected chi connectivity index (χ1v) is 7.11. The van der Waals surface area contributed by atoms with Crippen LogP contribution < -0.4 is 4.74 Å². The minimum atomic E-state index is -0.472. The molecule has 2 aromatic rings. The normalized spacial score (nSPS) is 19.0. The van der Waals surface area contributed by atoms with Gasteiger partial charge in [0.05, 0.1) is 17.7 Å². The van der Waals surface area contributed by atoms with E-state index in [1.807, 2.05) is 30.3 Å². The number of hydrogen-bond donors (Lipinski definition) is 1. The monoisotopic (exact) mass is 289 g/mol. The minimum absolute atomic E-state index is 0.0872. The van der Waals surface area contributed by atoms with E-state index in [0.29, 0.717) is 18.1 Å². The van der Waals surface area contributed by atoms with Crippen LogP contribution in [0.25, 0.3) is 0 Å². The van der Waals surface area contributed by atoms with Gasteiger partial charge in [0.25, 0.3) is 0 Å². The summed E-state index contributed by atoms with van der Waals surface area (Å²) in [7, 11) is 0. The van der Waals surface area contributed by atoms with Crippen LogP contribution in [0.1, 0.15) is 23.5 Å². The summed E-state index contributed by atoms with van der Waals surface area (Å²) in [5, 5.41) is 11.2. The Labute approximate surface area is 123 Å². The lowest BCUT2D eigenvalue weighted by atomic mass is 9.85. The zero-order chi connectivity index (χ0) is 13.9. The van der Waals surface area contributed by atoms with Crippen molar-refractivity contribution >= 4 is 11.6 Å². The van der Waals surface area contributed by atoms with E-state index in [2.05, 4.69) is 4.98 Å². The molecule has 1 aromatic heterocycles. The summed E-state index contributed by atoms with van der Waals surface area (Å²) in [5.74, 6) is 0.966. The number of ether oxygens (including phenoxy) is 1. The summed E-state index contributed by atoms with van der Waals surface area (Å²) in [5.41, 5.74) is 2.01. The van der Waals surface area contributed by atoms with Crippen LogP contribution in [0.4, 0.5) is 0 Å². The molecule has 3 nitrogen and oxygen atoms in total. The molecular formula is C16H16ClNO2. The molecule has 104 valence electrons. The molecule has 0 radical (unpaired) electrons. The van der Waals surface area contributed by atoms with Crippen molar-refractivity contribution < 1.29 is 9.84 Å². The van der Waals surface area contributed by atoms with Gasteiger partial charge in [0.2, 0.25) is 0 Å². The molecule has 0 amide bonds. The van der Waals surface area contributed by atoms with Crippen LogP contribution in [0, 0.1) is 0 Å². The quantitative estimate of drug-likeness (QED) is 0.943. The molecule has 2 atom stereocenters. The number of hydrogen-bond acceptors (Lipinski definition) is 3. The van der Waals surface area contributed by atoms with E-state index in [1.165, 1.54) is 0 Å². The SMILES string of the molecule is OC(Cc1ccncc1Cl)C1CCOc2ccccc21. The summed E-state index contributed by atoms with van der Waals surface area (Å²) in [6, 6.07) is 9.76. The maximum atomic E-state index is 10.6. The maximum Gasteiger partial charge on any atom is 0.122 e. The van der Waals surface area contributed by atoms with Crippen molar-refractivity contribution in [2.75, 3.05) is 6.61 Å². The molecule has 0 saturated carbocycles. The highest BCUT2D eigenvalue weighted by Crippen LogP contribution is 2.36. The zero-order valence-corrected chi connectivity index (χ0v) is 11.8. The van der Waals surface area contributed by atoms with Crippen molar-refractivity contribution in [2.24, 2.45) is 0 Å². The number of aliphatic hydroxyl groups excluding tert-OH is 1. The Balaban J connectivity index is 1.82. The molecule has 2 unspecified atom stereocenters. The van der Waals surface area contributed by atoms with Crippen LogP contribution >= 0.6 is 11.6 Å². The van der Waals surface area contributed by atoms with Crippen molar-refractivity contribution in [3.63, 3.8) is 0 Å². The van der Waals surface area contributed by atoms with Gasteiger partial charge in [-0.3, -0.25) is 4.98 Å². The summed E-state index contributed by atoms with van der Waals surface area (Å²) in [6.07, 6.45) is 4.19. The number of aromatic nitrogens is 1. The lowest BCUT2D eigenvalue weighted by Gasteiger charge is -2.29. The van der Waals surface area contributed by atoms with E-state index < -0.39 is 6.10 Å². The summed E-state index contributed by atoms with van der Waals surface area (Å²) < 4.78 is 5.63. The third-order valence-corrected chi connectivity index (χ3v) is 4.10. The molecule has 1 aromatic carbocycles. The first-order chi connectivity index (χ1) is 9.75. The second-order valence-corrected chi connectivity index (χ2v) is 5.43. The Hall–Kier alpha value is -1.58. The van der Waals surface area contributed by atoms with E-state index in [0.717, 1.165) is 23.3 Å². The molecule has 3 rings (SSSR count). The first-order valence-electron chi connectivity index (χ1n) is 6.74. The Morgan fingerprint density at radius 2 is 2.20 bits per heavy atom. The van der Waals surface area contributed by atoms with Crippen molar-refractivity contribution in [1.82, 2.24) is 4.98 Å². The molecule has 0 fully saturated rings. The average molecular weight is 290 g/mol. The molecule has 4 heteroatoms. The fraction of sp³-hybridized carbons (Fsp3) is 0.312. The van der Waals surface area contributed by atoms with Crippen LogP contribution in [0.15, 0.2) is 42.7 Å². The summed E-state index contributed by atoms with van der Waals surface area (Å²) in [6.45, 7) is 0.642. The third-order valence-electron chi connectivity index (χ3n) is 3.75. The Morgan fingerprint density at radius 3 is 3.05 bits per heavy atom. The average Bonchev–Trinajstić information content (AvgIpc) is 2.49. The number of pyridine rings is 1. The Bertz CT molecular complexity index is 603. The molecule has 0 bridgehead atoms. The highest BCUT2D eigenvalue weighted by molar-refractivity contribution is 6.31. The number of rotatable bonds is 3. The van der Waals surface area contributed by atoms with Gasteiger partial charge in [-0.2, -0.15) is 0 Å². The zero-order valence-electron chi connectivity index (χ0n) is 11.0. The van der Waals surface area contributed by atoms with Crippen LogP contribution in [0.5, 0.6) is 5.75 Å². The van der Waals surface area contributed by atoms with Gasteiger partial charge in [0.15, 0.2) is 0 Å². The fourth-order valence-corrected chi connectivity index (χ4v) is 2.90. The number of benzene rings is 1. The van der Waals surface area contributed by atoms with Crippen molar-refractivity contribution in [3.8, 4) is 5.75 Å². The molecule has 1 aliphatic heterocycles. The van der Waals surface area contributed by atoms with Gasteiger partial charge in [-0.15, -0.1) is 0 Å². The molecular weight excluding hydrogens is 274 g/mol. The molecule has 0 aliphatic carbocycles. The number of fused-ring (bicyclic) bond motifs is 1. The summed E-state index contributed by atoms with van der Waals surface area (Å²) >= 11 is 6.11. The molecule has 0 spiro atoms. The van der Waals surface area contributed by atoms with Crippen LogP contribution in [-0.2, 0) is 6.42 Å². The fourth-order valence-electron chi connectivity index (χ4n) is 2.71. The van der Waals surface area contributed by atoms with Crippen LogP contribution in [0.2, 0.25) is 5.02 Å². The van der Waals surface area contributed by atoms with E-state index >= 15 is 0 Å². The van der Waals surface area contributed by atoms with E-state index in [-0.39, 0.29) is 5.92 Å². The Kier molecular flexibility index (Phi) is 3.90. The molecule has 2 heterocycles. The van der Waals surface area contributed by atoms with E-state index in [1.54, 1.807) is 12.4 Å². The molecule has 1 aliphatic rings. The standard InChI is InChI=1S/C16H16ClNO2/c17-14-10-18-7-5-11(14)9-15(19)12-6-8-20-16-4-2-1-3-13(12)16/h1-5,7,10,12,15,19H,6,8-9H2. The highest BCUT2D eigenvalue weighted by Gasteiger charge is 2.27. The van der Waals surface area contributed by atoms with E-state index in [4.69, 9.17) is 16.3 Å². The topological polar surface area (TPSA) is 42.4 Å². The molecule has 20 heavy (non-hydrogen) atoms. The minimum Gasteiger partial charge on any atom is -0.493 e. The number of nitrogens with zero attached hydrogens (tertiary/aromatic N) is 1. The number of para-hydroxylation sites is 1. The third kappa shape index (κ3) is 2.65. The first kappa shape index (κ1) is 13.4. The highest BCUT2D eigenvalue weighted by atomic mass is 35.5. The van der Waals surface area contributed by atoms with Crippen LogP contribution in [0.3, 0.4) is 0 Å². The van der Waals surface area contributed by atoms with Gasteiger partial charge < -0.3 is 9.84 Å². The van der Waals surface area contributed by atoms with Gasteiger partial charge in [-0.05, 0) is 29.7 Å². The predicted molar refractivity (Wildman–Crippen MR) is 78.3 cm³/mol. The van der Waals surface area contributed by atoms with Crippen molar-refractivity contribution in [2.45, 2.75) is 24.9 Å². The lowest BCUT2D eigenvalue weighted by molar-refractivity contribution is 0.116. The van der Waals surface area contributed by atoms with Gasteiger partial charge in [-0.25, -0.2) is 0 Å². The van der Waals surface area contributed by atoms with Crippen molar-refractivity contribution in [1.29, 1.82) is 0 Å². The number of halogens is 1. The van der Waals surface area contributed by atoms with Gasteiger partial charge in [0, 0.05) is 24.7 Å². The lowest BCUT2D eigenvalue weighted by Crippen LogP contribution is -2.26. The maximum absolute atomic E-state index is 10.6. The molecule has 0 saturated heterocycles. The van der Waals surface area contributed by atoms with E-state index in [9.17, 15) is 5.11 Å². The van der Waals surface area contributed by atoms with Gasteiger partial charge >= 0.3 is 0 Å². The second kappa shape index (κ2) is 5.81. The predicted octanol–water partition coefficient (Wildman–Crippen LogP) is 3.20. The largest absolute Gasteiger partial charge is 0.493 e. The van der Waals surface area contributed by atoms with Crippen LogP contribution in [-0.4, -0.2) is 22.8 Å². The van der Waals surface area contributed by atoms with Gasteiger partial charge in [0.1, 0.15) is 5.75 Å². The number of aliphatic hydroxyl groups is 1. The van der Waals surface area contributed by atoms with Crippen molar-refractivity contribution in [3.05, 3.63) is 58.9 Å². The summed E-state index contributed by atoms with van der Waals surface area (Å²) in [4.78, 5) is 3.97. The molecule has 1 N–H and O–H groups in total.